The molecule has 2 heterocycles. The molecule has 21 heavy (non-hydrogen) atoms. The van der Waals surface area contributed by atoms with E-state index in [2.05, 4.69) is 48.0 Å². The van der Waals surface area contributed by atoms with Gasteiger partial charge in [0.05, 0.1) is 5.69 Å². The number of nitrogens with one attached hydrogen (secondary N) is 1. The van der Waals surface area contributed by atoms with Crippen LogP contribution in [0.1, 0.15) is 41.7 Å². The summed E-state index contributed by atoms with van der Waals surface area (Å²) in [7, 11) is 0. The van der Waals surface area contributed by atoms with Crippen molar-refractivity contribution in [2.75, 3.05) is 6.54 Å². The fourth-order valence-corrected chi connectivity index (χ4v) is 3.23. The van der Waals surface area contributed by atoms with Crippen molar-refractivity contribution < 1.29 is 0 Å². The molecule has 1 aliphatic rings. The van der Waals surface area contributed by atoms with Crippen molar-refractivity contribution in [3.8, 4) is 0 Å². The molecule has 3 nitrogen and oxygen atoms in total. The first-order chi connectivity index (χ1) is 10.3. The van der Waals surface area contributed by atoms with Gasteiger partial charge in [-0.05, 0) is 30.9 Å². The monoisotopic (exact) mass is 283 g/mol. The fraction of sp³-hybridized carbons (Fsp3) is 0.500. The maximum absolute atomic E-state index is 4.88. The van der Waals surface area contributed by atoms with E-state index in [0.29, 0.717) is 0 Å². The lowest BCUT2D eigenvalue weighted by Crippen LogP contribution is -2.25. The molecule has 0 spiro atoms. The van der Waals surface area contributed by atoms with Crippen molar-refractivity contribution in [3.63, 3.8) is 0 Å². The molecule has 0 radical (unpaired) electrons. The van der Waals surface area contributed by atoms with Gasteiger partial charge in [-0.25, -0.2) is 4.98 Å². The molecular formula is C18H25N3. The summed E-state index contributed by atoms with van der Waals surface area (Å²) in [6.07, 6.45) is 4.45. The SMILES string of the molecule is CCCc1nc2c(n1CCc1ccccc1C)CCNC2. The van der Waals surface area contributed by atoms with Crippen LogP contribution in [0, 0.1) is 6.92 Å². The number of benzene rings is 1. The maximum atomic E-state index is 4.88. The lowest BCUT2D eigenvalue weighted by molar-refractivity contribution is 0.574. The summed E-state index contributed by atoms with van der Waals surface area (Å²) in [5.74, 6) is 1.28. The third-order valence-corrected chi connectivity index (χ3v) is 4.41. The van der Waals surface area contributed by atoms with Crippen LogP contribution in [-0.2, 0) is 32.4 Å². The molecule has 112 valence electrons. The smallest absolute Gasteiger partial charge is 0.109 e. The number of aromatic nitrogens is 2. The van der Waals surface area contributed by atoms with Gasteiger partial charge in [-0.15, -0.1) is 0 Å². The number of hydrogen-bond acceptors (Lipinski definition) is 2. The van der Waals surface area contributed by atoms with Gasteiger partial charge in [0.2, 0.25) is 0 Å². The van der Waals surface area contributed by atoms with Crippen LogP contribution in [0.4, 0.5) is 0 Å². The third-order valence-electron chi connectivity index (χ3n) is 4.41. The summed E-state index contributed by atoms with van der Waals surface area (Å²) >= 11 is 0. The Balaban J connectivity index is 1.83. The number of nitrogens with zero attached hydrogens (tertiary/aromatic N) is 2. The van der Waals surface area contributed by atoms with Gasteiger partial charge >= 0.3 is 0 Å². The lowest BCUT2D eigenvalue weighted by Gasteiger charge is -2.16. The number of imidazole rings is 1. The van der Waals surface area contributed by atoms with E-state index in [9.17, 15) is 0 Å². The average Bonchev–Trinajstić information content (AvgIpc) is 2.84. The molecule has 3 rings (SSSR count). The fourth-order valence-electron chi connectivity index (χ4n) is 3.23. The van der Waals surface area contributed by atoms with Crippen LogP contribution in [0.3, 0.4) is 0 Å². The Morgan fingerprint density at radius 1 is 1.24 bits per heavy atom. The summed E-state index contributed by atoms with van der Waals surface area (Å²) in [4.78, 5) is 4.88. The molecule has 0 bridgehead atoms. The zero-order valence-electron chi connectivity index (χ0n) is 13.2. The number of aryl methyl sites for hydroxylation is 3. The van der Waals surface area contributed by atoms with Crippen LogP contribution in [0.15, 0.2) is 24.3 Å². The molecule has 0 saturated heterocycles. The third kappa shape index (κ3) is 3.03. The van der Waals surface area contributed by atoms with E-state index in [1.165, 1.54) is 28.3 Å². The van der Waals surface area contributed by atoms with Crippen molar-refractivity contribution in [3.05, 3.63) is 52.6 Å². The molecule has 3 heteroatoms. The van der Waals surface area contributed by atoms with Crippen molar-refractivity contribution >= 4 is 0 Å². The zero-order valence-corrected chi connectivity index (χ0v) is 13.2. The van der Waals surface area contributed by atoms with E-state index in [1.54, 1.807) is 0 Å². The topological polar surface area (TPSA) is 29.9 Å². The second kappa shape index (κ2) is 6.44. The maximum Gasteiger partial charge on any atom is 0.109 e. The highest BCUT2D eigenvalue weighted by atomic mass is 15.1. The van der Waals surface area contributed by atoms with Crippen LogP contribution in [0.2, 0.25) is 0 Å². The standard InChI is InChI=1S/C18H25N3/c1-3-6-18-20-16-13-19-11-9-17(16)21(18)12-10-15-8-5-4-7-14(15)2/h4-5,7-8,19H,3,6,9-13H2,1-2H3. The molecule has 2 aromatic rings. The molecule has 1 aliphatic heterocycles. The highest BCUT2D eigenvalue weighted by Gasteiger charge is 2.19. The van der Waals surface area contributed by atoms with E-state index < -0.39 is 0 Å². The molecule has 1 aromatic carbocycles. The minimum absolute atomic E-state index is 0.934. The van der Waals surface area contributed by atoms with Gasteiger partial charge in [-0.2, -0.15) is 0 Å². The van der Waals surface area contributed by atoms with Crippen molar-refractivity contribution in [2.45, 2.75) is 52.6 Å². The van der Waals surface area contributed by atoms with Crippen LogP contribution in [0.25, 0.3) is 0 Å². The van der Waals surface area contributed by atoms with E-state index >= 15 is 0 Å². The van der Waals surface area contributed by atoms with E-state index in [-0.39, 0.29) is 0 Å². The van der Waals surface area contributed by atoms with Gasteiger partial charge < -0.3 is 9.88 Å². The highest BCUT2D eigenvalue weighted by Crippen LogP contribution is 2.19. The van der Waals surface area contributed by atoms with Gasteiger partial charge in [-0.3, -0.25) is 0 Å². The number of hydrogen-bond donors (Lipinski definition) is 1. The molecule has 0 saturated carbocycles. The zero-order chi connectivity index (χ0) is 14.7. The molecule has 0 aliphatic carbocycles. The summed E-state index contributed by atoms with van der Waals surface area (Å²) in [6, 6.07) is 8.71. The van der Waals surface area contributed by atoms with Crippen LogP contribution in [-0.4, -0.2) is 16.1 Å². The minimum atomic E-state index is 0.934. The number of fused-ring (bicyclic) bond motifs is 1. The quantitative estimate of drug-likeness (QED) is 0.914. The summed E-state index contributed by atoms with van der Waals surface area (Å²) in [5, 5.41) is 3.43. The second-order valence-corrected chi connectivity index (χ2v) is 5.93. The van der Waals surface area contributed by atoms with Crippen LogP contribution >= 0.6 is 0 Å². The van der Waals surface area contributed by atoms with E-state index in [0.717, 1.165) is 45.3 Å². The largest absolute Gasteiger partial charge is 0.331 e. The van der Waals surface area contributed by atoms with Gasteiger partial charge in [0.15, 0.2) is 0 Å². The first-order valence-corrected chi connectivity index (χ1v) is 8.12. The highest BCUT2D eigenvalue weighted by molar-refractivity contribution is 5.26. The van der Waals surface area contributed by atoms with E-state index in [4.69, 9.17) is 4.98 Å². The molecule has 1 N–H and O–H groups in total. The number of rotatable bonds is 5. The molecule has 0 atom stereocenters. The second-order valence-electron chi connectivity index (χ2n) is 5.93. The minimum Gasteiger partial charge on any atom is -0.331 e. The summed E-state index contributed by atoms with van der Waals surface area (Å²) in [5.41, 5.74) is 5.58. The van der Waals surface area contributed by atoms with Gasteiger partial charge in [0, 0.05) is 38.2 Å². The van der Waals surface area contributed by atoms with Crippen LogP contribution < -0.4 is 5.32 Å². The average molecular weight is 283 g/mol. The Morgan fingerprint density at radius 2 is 2.10 bits per heavy atom. The van der Waals surface area contributed by atoms with Crippen molar-refractivity contribution in [1.82, 2.24) is 14.9 Å². The van der Waals surface area contributed by atoms with Gasteiger partial charge in [0.1, 0.15) is 5.82 Å². The Bertz CT molecular complexity index is 613. The van der Waals surface area contributed by atoms with Gasteiger partial charge in [0.25, 0.3) is 0 Å². The predicted octanol–water partition coefficient (Wildman–Crippen LogP) is 3.03. The van der Waals surface area contributed by atoms with Crippen molar-refractivity contribution in [1.29, 1.82) is 0 Å². The first-order valence-electron chi connectivity index (χ1n) is 8.12. The normalized spacial score (nSPS) is 14.2. The molecule has 0 amide bonds. The molecule has 1 aromatic heterocycles. The predicted molar refractivity (Wildman–Crippen MR) is 86.5 cm³/mol. The van der Waals surface area contributed by atoms with Crippen molar-refractivity contribution in [2.24, 2.45) is 0 Å². The summed E-state index contributed by atoms with van der Waals surface area (Å²) in [6.45, 7) is 7.51. The van der Waals surface area contributed by atoms with Gasteiger partial charge in [-0.1, -0.05) is 31.2 Å². The van der Waals surface area contributed by atoms with E-state index in [1.807, 2.05) is 0 Å². The Hall–Kier alpha value is -1.61. The summed E-state index contributed by atoms with van der Waals surface area (Å²) < 4.78 is 2.49. The van der Waals surface area contributed by atoms with Crippen LogP contribution in [0.5, 0.6) is 0 Å². The Labute approximate surface area is 127 Å². The molecular weight excluding hydrogens is 258 g/mol. The lowest BCUT2D eigenvalue weighted by atomic mass is 10.1. The molecule has 0 fully saturated rings. The Morgan fingerprint density at radius 3 is 2.90 bits per heavy atom. The molecule has 0 unspecified atom stereocenters. The first kappa shape index (κ1) is 14.3. The Kier molecular flexibility index (Phi) is 4.39.